The number of nitro groups is 2. The molecular weight excluding hydrogens is 352 g/mol. The average Bonchev–Trinajstić information content (AvgIpc) is 2.61. The van der Waals surface area contributed by atoms with E-state index in [9.17, 15) is 20.2 Å². The van der Waals surface area contributed by atoms with Crippen molar-refractivity contribution in [2.24, 2.45) is 10.5 Å². The molecule has 9 heteroatoms. The van der Waals surface area contributed by atoms with Crippen molar-refractivity contribution in [2.45, 2.75) is 20.3 Å². The second-order valence-electron chi connectivity index (χ2n) is 6.60. The maximum atomic E-state index is 11.1. The Morgan fingerprint density at radius 2 is 1.78 bits per heavy atom. The summed E-state index contributed by atoms with van der Waals surface area (Å²) >= 11 is 0. The van der Waals surface area contributed by atoms with E-state index in [0.29, 0.717) is 6.42 Å². The Morgan fingerprint density at radius 1 is 1.11 bits per heavy atom. The number of nitro benzene ring substituents is 2. The van der Waals surface area contributed by atoms with Crippen LogP contribution in [0.5, 0.6) is 5.75 Å². The summed E-state index contributed by atoms with van der Waals surface area (Å²) < 4.78 is 5.13. The van der Waals surface area contributed by atoms with Crippen LogP contribution in [-0.2, 0) is 6.42 Å². The van der Waals surface area contributed by atoms with Gasteiger partial charge in [-0.05, 0) is 30.2 Å². The number of ether oxygens (including phenoxy) is 1. The highest BCUT2D eigenvalue weighted by Crippen LogP contribution is 2.29. The molecule has 0 atom stereocenters. The number of benzene rings is 2. The van der Waals surface area contributed by atoms with Crippen LogP contribution in [0, 0.1) is 25.6 Å². The lowest BCUT2D eigenvalue weighted by molar-refractivity contribution is -0.393. The molecule has 0 spiro atoms. The topological polar surface area (TPSA) is 120 Å². The van der Waals surface area contributed by atoms with Crippen molar-refractivity contribution < 1.29 is 14.6 Å². The molecule has 0 heterocycles. The second-order valence-corrected chi connectivity index (χ2v) is 6.60. The molecule has 142 valence electrons. The summed E-state index contributed by atoms with van der Waals surface area (Å²) in [7, 11) is 1.61. The Balaban J connectivity index is 2.10. The summed E-state index contributed by atoms with van der Waals surface area (Å²) in [4.78, 5) is 20.5. The smallest absolute Gasteiger partial charge is 0.301 e. The SMILES string of the molecule is COc1ccc(CC(C)(C)/C=N/Nc2ccc([N+](=O)[O-])cc2[N+](=O)[O-])cc1. The maximum Gasteiger partial charge on any atom is 0.301 e. The van der Waals surface area contributed by atoms with Crippen LogP contribution < -0.4 is 10.2 Å². The number of nitrogens with zero attached hydrogens (tertiary/aromatic N) is 3. The van der Waals surface area contributed by atoms with Gasteiger partial charge in [0.05, 0.1) is 23.0 Å². The first kappa shape index (κ1) is 19.8. The van der Waals surface area contributed by atoms with Crippen molar-refractivity contribution in [3.05, 3.63) is 68.3 Å². The largest absolute Gasteiger partial charge is 0.497 e. The van der Waals surface area contributed by atoms with Gasteiger partial charge in [-0.3, -0.25) is 25.7 Å². The monoisotopic (exact) mass is 372 g/mol. The standard InChI is InChI=1S/C18H20N4O5/c1-18(2,11-13-4-7-15(27-3)8-5-13)12-19-20-16-9-6-14(21(23)24)10-17(16)22(25)26/h4-10,12,20H,11H2,1-3H3/b19-12+. The van der Waals surface area contributed by atoms with E-state index in [1.807, 2.05) is 38.1 Å². The highest BCUT2D eigenvalue weighted by Gasteiger charge is 2.20. The summed E-state index contributed by atoms with van der Waals surface area (Å²) in [6.07, 6.45) is 2.35. The molecule has 9 nitrogen and oxygen atoms in total. The second kappa shape index (κ2) is 8.26. The van der Waals surface area contributed by atoms with E-state index < -0.39 is 15.5 Å². The fourth-order valence-electron chi connectivity index (χ4n) is 2.47. The molecule has 2 aromatic carbocycles. The highest BCUT2D eigenvalue weighted by atomic mass is 16.6. The minimum absolute atomic E-state index is 0.0853. The van der Waals surface area contributed by atoms with Crippen LogP contribution in [0.1, 0.15) is 19.4 Å². The predicted octanol–water partition coefficient (Wildman–Crippen LogP) is 4.18. The fraction of sp³-hybridized carbons (Fsp3) is 0.278. The normalized spacial score (nSPS) is 11.4. The molecule has 0 bridgehead atoms. The summed E-state index contributed by atoms with van der Waals surface area (Å²) in [5.41, 5.74) is 2.70. The third-order valence-corrected chi connectivity index (χ3v) is 3.81. The van der Waals surface area contributed by atoms with Crippen molar-refractivity contribution in [1.82, 2.24) is 0 Å². The number of anilines is 1. The van der Waals surface area contributed by atoms with E-state index in [0.717, 1.165) is 17.4 Å². The zero-order chi connectivity index (χ0) is 20.0. The van der Waals surface area contributed by atoms with E-state index in [1.165, 1.54) is 12.1 Å². The van der Waals surface area contributed by atoms with Crippen molar-refractivity contribution in [3.63, 3.8) is 0 Å². The number of hydrazone groups is 1. The van der Waals surface area contributed by atoms with E-state index in [1.54, 1.807) is 13.3 Å². The zero-order valence-electron chi connectivity index (χ0n) is 15.2. The van der Waals surface area contributed by atoms with Gasteiger partial charge in [0.15, 0.2) is 0 Å². The lowest BCUT2D eigenvalue weighted by atomic mass is 9.87. The molecule has 0 amide bonds. The lowest BCUT2D eigenvalue weighted by Gasteiger charge is -2.19. The molecule has 0 fully saturated rings. The first-order chi connectivity index (χ1) is 12.7. The van der Waals surface area contributed by atoms with Crippen LogP contribution in [0.25, 0.3) is 0 Å². The molecule has 0 aliphatic heterocycles. The number of methoxy groups -OCH3 is 1. The van der Waals surface area contributed by atoms with Crippen molar-refractivity contribution >= 4 is 23.3 Å². The van der Waals surface area contributed by atoms with Gasteiger partial charge in [-0.25, -0.2) is 0 Å². The maximum absolute atomic E-state index is 11.1. The van der Waals surface area contributed by atoms with Crippen molar-refractivity contribution in [2.75, 3.05) is 12.5 Å². The Labute approximate surface area is 156 Å². The van der Waals surface area contributed by atoms with E-state index >= 15 is 0 Å². The third-order valence-electron chi connectivity index (χ3n) is 3.81. The minimum atomic E-state index is -0.687. The highest BCUT2D eigenvalue weighted by molar-refractivity contribution is 5.70. The van der Waals surface area contributed by atoms with Gasteiger partial charge in [0.2, 0.25) is 0 Å². The van der Waals surface area contributed by atoms with Crippen LogP contribution >= 0.6 is 0 Å². The summed E-state index contributed by atoms with van der Waals surface area (Å²) in [6.45, 7) is 3.96. The Morgan fingerprint density at radius 3 is 2.33 bits per heavy atom. The molecule has 0 aromatic heterocycles. The minimum Gasteiger partial charge on any atom is -0.497 e. The molecule has 0 aliphatic carbocycles. The quantitative estimate of drug-likeness (QED) is 0.422. The number of hydrogen-bond acceptors (Lipinski definition) is 7. The van der Waals surface area contributed by atoms with Crippen LogP contribution in [0.4, 0.5) is 17.1 Å². The molecule has 0 radical (unpaired) electrons. The fourth-order valence-corrected chi connectivity index (χ4v) is 2.47. The van der Waals surface area contributed by atoms with Gasteiger partial charge in [0.1, 0.15) is 11.4 Å². The Kier molecular flexibility index (Phi) is 6.07. The average molecular weight is 372 g/mol. The van der Waals surface area contributed by atoms with Crippen LogP contribution in [0.3, 0.4) is 0 Å². The number of nitrogens with one attached hydrogen (secondary N) is 1. The van der Waals surface area contributed by atoms with Crippen LogP contribution in [-0.4, -0.2) is 23.2 Å². The van der Waals surface area contributed by atoms with E-state index in [-0.39, 0.29) is 16.8 Å². The molecule has 2 rings (SSSR count). The summed E-state index contributed by atoms with van der Waals surface area (Å²) in [6, 6.07) is 11.0. The van der Waals surface area contributed by atoms with E-state index in [4.69, 9.17) is 4.74 Å². The number of non-ortho nitro benzene ring substituents is 1. The van der Waals surface area contributed by atoms with Gasteiger partial charge in [-0.15, -0.1) is 0 Å². The van der Waals surface area contributed by atoms with Gasteiger partial charge in [-0.1, -0.05) is 26.0 Å². The molecule has 2 aromatic rings. The molecule has 27 heavy (non-hydrogen) atoms. The number of rotatable bonds is 8. The molecule has 0 unspecified atom stereocenters. The van der Waals surface area contributed by atoms with Gasteiger partial charge in [0, 0.05) is 17.7 Å². The molecule has 0 aliphatic rings. The van der Waals surface area contributed by atoms with Crippen molar-refractivity contribution in [3.8, 4) is 5.75 Å². The molecule has 0 saturated heterocycles. The Hall–Kier alpha value is -3.49. The predicted molar refractivity (Wildman–Crippen MR) is 102 cm³/mol. The molecule has 1 N–H and O–H groups in total. The number of hydrogen-bond donors (Lipinski definition) is 1. The van der Waals surface area contributed by atoms with E-state index in [2.05, 4.69) is 10.5 Å². The lowest BCUT2D eigenvalue weighted by Crippen LogP contribution is -2.17. The van der Waals surface area contributed by atoms with Gasteiger partial charge < -0.3 is 4.74 Å². The van der Waals surface area contributed by atoms with Gasteiger partial charge >= 0.3 is 5.69 Å². The Bertz CT molecular complexity index is 863. The van der Waals surface area contributed by atoms with Crippen LogP contribution in [0.2, 0.25) is 0 Å². The first-order valence-electron chi connectivity index (χ1n) is 8.08. The van der Waals surface area contributed by atoms with Crippen molar-refractivity contribution in [1.29, 1.82) is 0 Å². The van der Waals surface area contributed by atoms with Gasteiger partial charge in [0.25, 0.3) is 5.69 Å². The zero-order valence-corrected chi connectivity index (χ0v) is 15.2. The van der Waals surface area contributed by atoms with Gasteiger partial charge in [-0.2, -0.15) is 5.10 Å². The summed E-state index contributed by atoms with van der Waals surface area (Å²) in [5, 5.41) is 26.0. The molecular formula is C18H20N4O5. The third kappa shape index (κ3) is 5.50. The van der Waals surface area contributed by atoms with Crippen LogP contribution in [0.15, 0.2) is 47.6 Å². The summed E-state index contributed by atoms with van der Waals surface area (Å²) in [5.74, 6) is 0.775. The first-order valence-corrected chi connectivity index (χ1v) is 8.08. The molecule has 0 saturated carbocycles.